The van der Waals surface area contributed by atoms with Gasteiger partial charge in [0.1, 0.15) is 6.04 Å². The predicted molar refractivity (Wildman–Crippen MR) is 62.9 cm³/mol. The lowest BCUT2D eigenvalue weighted by molar-refractivity contribution is -0.141. The number of carbonyl (C=O) groups excluding carboxylic acids is 1. The van der Waals surface area contributed by atoms with Gasteiger partial charge in [-0.25, -0.2) is 0 Å². The van der Waals surface area contributed by atoms with Crippen LogP contribution in [0.1, 0.15) is 20.8 Å². The molecule has 0 radical (unpaired) electrons. The van der Waals surface area contributed by atoms with E-state index in [4.69, 9.17) is 5.11 Å². The molecule has 0 aromatic heterocycles. The fourth-order valence-corrected chi connectivity index (χ4v) is 0.799. The Kier molecular flexibility index (Phi) is 13.3. The third kappa shape index (κ3) is 8.47. The van der Waals surface area contributed by atoms with E-state index in [2.05, 4.69) is 10.6 Å². The lowest BCUT2D eigenvalue weighted by Crippen LogP contribution is -2.47. The quantitative estimate of drug-likeness (QED) is 0.670. The highest BCUT2D eigenvalue weighted by molar-refractivity contribution is 5.86. The zero-order valence-corrected chi connectivity index (χ0v) is 10.6. The van der Waals surface area contributed by atoms with Crippen molar-refractivity contribution in [2.75, 3.05) is 6.54 Å². The van der Waals surface area contributed by atoms with Crippen LogP contribution in [0.3, 0.4) is 0 Å². The number of hydrogen-bond acceptors (Lipinski definition) is 3. The largest absolute Gasteiger partial charge is 0.480 e. The molecule has 0 aliphatic carbocycles. The molecule has 15 heavy (non-hydrogen) atoms. The highest BCUT2D eigenvalue weighted by Crippen LogP contribution is 1.86. The first kappa shape index (κ1) is 20.0. The van der Waals surface area contributed by atoms with Crippen LogP contribution in [0.25, 0.3) is 0 Å². The minimum absolute atomic E-state index is 0. The number of halogens is 2. The Bertz CT molecular complexity index is 202. The van der Waals surface area contributed by atoms with Crippen molar-refractivity contribution in [3.05, 3.63) is 0 Å². The normalized spacial score (nSPS) is 12.7. The lowest BCUT2D eigenvalue weighted by atomic mass is 10.2. The molecule has 2 unspecified atom stereocenters. The Balaban J connectivity index is -0.000000720. The summed E-state index contributed by atoms with van der Waals surface area (Å²) in [5, 5.41) is 13.8. The maximum atomic E-state index is 11.2. The first-order valence-electron chi connectivity index (χ1n) is 4.25. The molecule has 2 atom stereocenters. The zero-order valence-electron chi connectivity index (χ0n) is 8.94. The number of carbonyl (C=O) groups is 2. The van der Waals surface area contributed by atoms with Crippen LogP contribution in [0.15, 0.2) is 0 Å². The van der Waals surface area contributed by atoms with Crippen LogP contribution in [-0.2, 0) is 9.59 Å². The van der Waals surface area contributed by atoms with Crippen molar-refractivity contribution >= 4 is 36.7 Å². The van der Waals surface area contributed by atoms with E-state index in [1.165, 1.54) is 6.92 Å². The summed E-state index contributed by atoms with van der Waals surface area (Å²) in [5.74, 6) is -1.33. The van der Waals surface area contributed by atoms with Crippen molar-refractivity contribution in [1.82, 2.24) is 10.6 Å². The van der Waals surface area contributed by atoms with E-state index in [1.54, 1.807) is 6.92 Å². The summed E-state index contributed by atoms with van der Waals surface area (Å²) in [4.78, 5) is 21.6. The number of rotatable bonds is 5. The average Bonchev–Trinajstić information content (AvgIpc) is 2.04. The molecule has 7 heteroatoms. The zero-order chi connectivity index (χ0) is 10.4. The van der Waals surface area contributed by atoms with E-state index in [-0.39, 0.29) is 36.8 Å². The topological polar surface area (TPSA) is 78.4 Å². The molecule has 0 saturated heterocycles. The highest BCUT2D eigenvalue weighted by Gasteiger charge is 2.17. The summed E-state index contributed by atoms with van der Waals surface area (Å²) in [6.07, 6.45) is 0. The second-order valence-electron chi connectivity index (χ2n) is 2.85. The van der Waals surface area contributed by atoms with Gasteiger partial charge in [-0.15, -0.1) is 24.8 Å². The maximum Gasteiger partial charge on any atom is 0.325 e. The molecule has 0 aromatic carbocycles. The molecule has 92 valence electrons. The van der Waals surface area contributed by atoms with Crippen LogP contribution in [0, 0.1) is 0 Å². The molecule has 0 fully saturated rings. The van der Waals surface area contributed by atoms with E-state index in [0.717, 1.165) is 0 Å². The Hall–Kier alpha value is -0.520. The van der Waals surface area contributed by atoms with Crippen LogP contribution in [0.4, 0.5) is 0 Å². The van der Waals surface area contributed by atoms with Gasteiger partial charge < -0.3 is 15.7 Å². The average molecular weight is 261 g/mol. The van der Waals surface area contributed by atoms with Gasteiger partial charge >= 0.3 is 5.97 Å². The second kappa shape index (κ2) is 10.0. The minimum atomic E-state index is -1.03. The Labute approximate surface area is 102 Å². The van der Waals surface area contributed by atoms with Crippen LogP contribution in [0.2, 0.25) is 0 Å². The summed E-state index contributed by atoms with van der Waals surface area (Å²) in [6.45, 7) is 5.67. The Morgan fingerprint density at radius 1 is 1.20 bits per heavy atom. The van der Waals surface area contributed by atoms with Gasteiger partial charge in [0, 0.05) is 0 Å². The van der Waals surface area contributed by atoms with Crippen molar-refractivity contribution in [1.29, 1.82) is 0 Å². The first-order chi connectivity index (χ1) is 5.99. The van der Waals surface area contributed by atoms with Gasteiger partial charge in [0.2, 0.25) is 5.91 Å². The lowest BCUT2D eigenvalue weighted by Gasteiger charge is -2.14. The molecule has 0 bridgehead atoms. The number of amides is 1. The number of aliphatic carboxylic acids is 1. The summed E-state index contributed by atoms with van der Waals surface area (Å²) in [5.41, 5.74) is 0. The standard InChI is InChI=1S/C8H16N2O3.2ClH/c1-4-9-5(2)7(11)10-6(3)8(12)13;;/h5-6,9H,4H2,1-3H3,(H,10,11)(H,12,13);2*1H. The van der Waals surface area contributed by atoms with Crippen molar-refractivity contribution in [3.63, 3.8) is 0 Å². The van der Waals surface area contributed by atoms with E-state index < -0.39 is 12.0 Å². The van der Waals surface area contributed by atoms with Gasteiger partial charge in [-0.1, -0.05) is 6.92 Å². The van der Waals surface area contributed by atoms with Crippen LogP contribution >= 0.6 is 24.8 Å². The molecular formula is C8H18Cl2N2O3. The predicted octanol–water partition coefficient (Wildman–Crippen LogP) is 0.417. The van der Waals surface area contributed by atoms with Crippen molar-refractivity contribution in [3.8, 4) is 0 Å². The molecule has 5 nitrogen and oxygen atoms in total. The molecular weight excluding hydrogens is 243 g/mol. The smallest absolute Gasteiger partial charge is 0.325 e. The van der Waals surface area contributed by atoms with Crippen molar-refractivity contribution in [2.45, 2.75) is 32.9 Å². The summed E-state index contributed by atoms with van der Waals surface area (Å²) >= 11 is 0. The molecule has 0 aliphatic heterocycles. The SMILES string of the molecule is CCNC(C)C(=O)NC(C)C(=O)O.Cl.Cl. The van der Waals surface area contributed by atoms with Crippen LogP contribution in [-0.4, -0.2) is 35.6 Å². The van der Waals surface area contributed by atoms with Gasteiger partial charge in [0.25, 0.3) is 0 Å². The summed E-state index contributed by atoms with van der Waals surface area (Å²) in [6, 6.07) is -1.19. The number of hydrogen-bond donors (Lipinski definition) is 3. The molecule has 0 heterocycles. The van der Waals surface area contributed by atoms with Crippen molar-refractivity contribution < 1.29 is 14.7 Å². The van der Waals surface area contributed by atoms with E-state index in [1.807, 2.05) is 6.92 Å². The molecule has 3 N–H and O–H groups in total. The second-order valence-corrected chi connectivity index (χ2v) is 2.85. The van der Waals surface area contributed by atoms with E-state index >= 15 is 0 Å². The first-order valence-corrected chi connectivity index (χ1v) is 4.25. The molecule has 0 aromatic rings. The van der Waals surface area contributed by atoms with Gasteiger partial charge in [-0.3, -0.25) is 9.59 Å². The third-order valence-electron chi connectivity index (χ3n) is 1.63. The fourth-order valence-electron chi connectivity index (χ4n) is 0.799. The number of nitrogens with one attached hydrogen (secondary N) is 2. The fraction of sp³-hybridized carbons (Fsp3) is 0.750. The van der Waals surface area contributed by atoms with Crippen LogP contribution < -0.4 is 10.6 Å². The van der Waals surface area contributed by atoms with Crippen molar-refractivity contribution in [2.24, 2.45) is 0 Å². The monoisotopic (exact) mass is 260 g/mol. The molecule has 0 spiro atoms. The molecule has 0 saturated carbocycles. The molecule has 1 amide bonds. The van der Waals surface area contributed by atoms with Gasteiger partial charge in [-0.05, 0) is 20.4 Å². The molecule has 0 rings (SSSR count). The maximum absolute atomic E-state index is 11.2. The van der Waals surface area contributed by atoms with Gasteiger partial charge in [-0.2, -0.15) is 0 Å². The number of carboxylic acids is 1. The molecule has 0 aliphatic rings. The van der Waals surface area contributed by atoms with Crippen LogP contribution in [0.5, 0.6) is 0 Å². The third-order valence-corrected chi connectivity index (χ3v) is 1.63. The number of likely N-dealkylation sites (N-methyl/N-ethyl adjacent to an activating group) is 1. The van der Waals surface area contributed by atoms with Gasteiger partial charge in [0.05, 0.1) is 6.04 Å². The summed E-state index contributed by atoms with van der Waals surface area (Å²) in [7, 11) is 0. The minimum Gasteiger partial charge on any atom is -0.480 e. The Morgan fingerprint density at radius 3 is 2.00 bits per heavy atom. The Morgan fingerprint density at radius 2 is 1.67 bits per heavy atom. The van der Waals surface area contributed by atoms with E-state index in [0.29, 0.717) is 6.54 Å². The number of carboxylic acid groups (broad SMARTS) is 1. The van der Waals surface area contributed by atoms with E-state index in [9.17, 15) is 9.59 Å². The summed E-state index contributed by atoms with van der Waals surface area (Å²) < 4.78 is 0. The van der Waals surface area contributed by atoms with Gasteiger partial charge in [0.15, 0.2) is 0 Å². The highest BCUT2D eigenvalue weighted by atomic mass is 35.5.